The van der Waals surface area contributed by atoms with Gasteiger partial charge in [0.05, 0.1) is 11.3 Å². The van der Waals surface area contributed by atoms with Crippen molar-refractivity contribution in [2.45, 2.75) is 24.8 Å². The Morgan fingerprint density at radius 2 is 1.97 bits per heavy atom. The van der Waals surface area contributed by atoms with E-state index in [2.05, 4.69) is 20.3 Å². The molecule has 4 heterocycles. The molecular formula is C26H21ClFN7O3S. The third-order valence-corrected chi connectivity index (χ3v) is 8.99. The van der Waals surface area contributed by atoms with Gasteiger partial charge < -0.3 is 5.32 Å². The molecule has 0 amide bonds. The summed E-state index contributed by atoms with van der Waals surface area (Å²) in [6, 6.07) is 10.1. The van der Waals surface area contributed by atoms with Crippen molar-refractivity contribution in [1.29, 1.82) is 0 Å². The first kappa shape index (κ1) is 24.2. The first-order valence-electron chi connectivity index (χ1n) is 12.2. The number of fused-ring (bicyclic) bond motifs is 5. The van der Waals surface area contributed by atoms with E-state index in [1.54, 1.807) is 10.6 Å². The summed E-state index contributed by atoms with van der Waals surface area (Å²) in [6.45, 7) is 0.813. The number of para-hydroxylation sites is 1. The number of nitrogens with zero attached hydrogens (tertiary/aromatic N) is 6. The largest absolute Gasteiger partial charge is 0.324 e. The number of hydrogen-bond donors (Lipinski definition) is 1. The van der Waals surface area contributed by atoms with E-state index in [4.69, 9.17) is 11.6 Å². The summed E-state index contributed by atoms with van der Waals surface area (Å²) in [6.07, 6.45) is 7.64. The van der Waals surface area contributed by atoms with Gasteiger partial charge in [-0.2, -0.15) is 9.29 Å². The lowest BCUT2D eigenvalue weighted by molar-refractivity contribution is 0.347. The van der Waals surface area contributed by atoms with E-state index >= 15 is 0 Å². The van der Waals surface area contributed by atoms with Gasteiger partial charge in [-0.15, -0.1) is 0 Å². The van der Waals surface area contributed by atoms with E-state index in [0.717, 1.165) is 23.0 Å². The maximum atomic E-state index is 14.8. The van der Waals surface area contributed by atoms with Gasteiger partial charge in [0.2, 0.25) is 21.7 Å². The van der Waals surface area contributed by atoms with Gasteiger partial charge in [-0.05, 0) is 48.2 Å². The minimum Gasteiger partial charge on any atom is -0.324 e. The van der Waals surface area contributed by atoms with Crippen molar-refractivity contribution in [2.24, 2.45) is 0 Å². The number of imidazole rings is 1. The third kappa shape index (κ3) is 3.81. The second-order valence-electron chi connectivity index (χ2n) is 10.0. The Bertz CT molecular complexity index is 1980. The standard InChI is InChI=1S/C26H21ClFN7O3S/c1-39(37,38)33-13-15-11-16(5-6-18(15)26(14-33)7-8-26)31-24-30-12-17-22(32-24)34-10-9-29-25(34)35(23(17)36)21-19(27)3-2-4-20(21)28/h2-6,9-12H,7-8,13-14H2,1H3,(H,30,31,32). The fraction of sp³-hybridized carbons (Fsp3) is 0.231. The monoisotopic (exact) mass is 565 g/mol. The molecule has 1 aliphatic heterocycles. The van der Waals surface area contributed by atoms with Crippen LogP contribution in [0.1, 0.15) is 24.0 Å². The van der Waals surface area contributed by atoms with Gasteiger partial charge in [0.15, 0.2) is 5.65 Å². The molecule has 13 heteroatoms. The lowest BCUT2D eigenvalue weighted by atomic mass is 9.88. The zero-order chi connectivity index (χ0) is 27.1. The van der Waals surface area contributed by atoms with Crippen LogP contribution in [0.5, 0.6) is 0 Å². The molecule has 3 aromatic heterocycles. The van der Waals surface area contributed by atoms with Crippen LogP contribution in [0.15, 0.2) is 59.8 Å². The minimum atomic E-state index is -3.33. The molecule has 0 bridgehead atoms. The number of sulfonamides is 1. The molecule has 2 aliphatic rings. The fourth-order valence-electron chi connectivity index (χ4n) is 5.44. The van der Waals surface area contributed by atoms with Gasteiger partial charge in [0.1, 0.15) is 16.9 Å². The second-order valence-corrected chi connectivity index (χ2v) is 12.4. The van der Waals surface area contributed by atoms with E-state index in [1.807, 2.05) is 18.2 Å². The van der Waals surface area contributed by atoms with Crippen LogP contribution in [-0.4, -0.2) is 49.4 Å². The van der Waals surface area contributed by atoms with Crippen molar-refractivity contribution in [3.63, 3.8) is 0 Å². The van der Waals surface area contributed by atoms with Crippen LogP contribution in [-0.2, 0) is 22.0 Å². The Labute approximate surface area is 226 Å². The summed E-state index contributed by atoms with van der Waals surface area (Å²) in [5.74, 6) is -0.285. The average molecular weight is 566 g/mol. The van der Waals surface area contributed by atoms with Crippen LogP contribution in [0.2, 0.25) is 5.02 Å². The summed E-state index contributed by atoms with van der Waals surface area (Å²) < 4.78 is 43.6. The maximum absolute atomic E-state index is 14.8. The Hall–Kier alpha value is -3.87. The number of rotatable bonds is 4. The van der Waals surface area contributed by atoms with E-state index in [1.165, 1.54) is 46.7 Å². The summed E-state index contributed by atoms with van der Waals surface area (Å²) >= 11 is 6.26. The molecule has 1 aliphatic carbocycles. The SMILES string of the molecule is CS(=O)(=O)N1Cc2cc(Nc3ncc4c(=O)n(-c5c(F)cccc5Cl)c5nccn5c4n3)ccc2C2(CC2)C1. The fourth-order valence-corrected chi connectivity index (χ4v) is 6.54. The van der Waals surface area contributed by atoms with Crippen molar-refractivity contribution in [3.8, 4) is 5.69 Å². The smallest absolute Gasteiger partial charge is 0.270 e. The summed E-state index contributed by atoms with van der Waals surface area (Å²) in [4.78, 5) is 26.7. The van der Waals surface area contributed by atoms with Gasteiger partial charge in [0, 0.05) is 42.8 Å². The summed E-state index contributed by atoms with van der Waals surface area (Å²) in [5.41, 5.74) is 2.32. The number of benzene rings is 2. The highest BCUT2D eigenvalue weighted by Crippen LogP contribution is 2.53. The molecule has 10 nitrogen and oxygen atoms in total. The molecule has 1 fully saturated rings. The number of aromatic nitrogens is 5. The number of hydrogen-bond acceptors (Lipinski definition) is 7. The van der Waals surface area contributed by atoms with Crippen molar-refractivity contribution in [2.75, 3.05) is 18.1 Å². The predicted molar refractivity (Wildman–Crippen MR) is 145 cm³/mol. The normalized spacial score (nSPS) is 16.6. The van der Waals surface area contributed by atoms with Crippen LogP contribution in [0.3, 0.4) is 0 Å². The predicted octanol–water partition coefficient (Wildman–Crippen LogP) is 3.77. The van der Waals surface area contributed by atoms with Crippen molar-refractivity contribution < 1.29 is 12.8 Å². The van der Waals surface area contributed by atoms with Crippen LogP contribution < -0.4 is 10.9 Å². The molecule has 1 spiro atoms. The van der Waals surface area contributed by atoms with Crippen LogP contribution >= 0.6 is 11.6 Å². The Morgan fingerprint density at radius 3 is 2.72 bits per heavy atom. The van der Waals surface area contributed by atoms with E-state index in [9.17, 15) is 17.6 Å². The van der Waals surface area contributed by atoms with Gasteiger partial charge in [-0.25, -0.2) is 27.3 Å². The van der Waals surface area contributed by atoms with Crippen molar-refractivity contribution in [3.05, 3.63) is 87.3 Å². The lowest BCUT2D eigenvalue weighted by Gasteiger charge is -2.33. The molecule has 5 aromatic rings. The first-order valence-corrected chi connectivity index (χ1v) is 14.4. The molecule has 198 valence electrons. The Morgan fingerprint density at radius 1 is 1.15 bits per heavy atom. The molecule has 0 saturated heterocycles. The van der Waals surface area contributed by atoms with E-state index < -0.39 is 21.4 Å². The second kappa shape index (κ2) is 8.31. The summed E-state index contributed by atoms with van der Waals surface area (Å²) in [7, 11) is -3.33. The molecule has 0 unspecified atom stereocenters. The molecule has 7 rings (SSSR count). The zero-order valence-corrected chi connectivity index (χ0v) is 22.2. The Balaban J connectivity index is 1.31. The number of anilines is 2. The third-order valence-electron chi connectivity index (χ3n) is 7.49. The van der Waals surface area contributed by atoms with Crippen LogP contribution in [0.4, 0.5) is 16.0 Å². The maximum Gasteiger partial charge on any atom is 0.270 e. The van der Waals surface area contributed by atoms with Gasteiger partial charge in [-0.1, -0.05) is 23.7 Å². The highest BCUT2D eigenvalue weighted by molar-refractivity contribution is 7.88. The molecular weight excluding hydrogens is 545 g/mol. The number of halogens is 2. The van der Waals surface area contributed by atoms with Gasteiger partial charge >= 0.3 is 0 Å². The van der Waals surface area contributed by atoms with Crippen molar-refractivity contribution >= 4 is 50.1 Å². The number of nitrogens with one attached hydrogen (secondary N) is 1. The Kier molecular flexibility index (Phi) is 5.16. The molecule has 1 N–H and O–H groups in total. The summed E-state index contributed by atoms with van der Waals surface area (Å²) in [5, 5.41) is 3.39. The van der Waals surface area contributed by atoms with Crippen molar-refractivity contribution in [1.82, 2.24) is 28.2 Å². The van der Waals surface area contributed by atoms with Gasteiger partial charge in [-0.3, -0.25) is 9.20 Å². The molecule has 0 radical (unpaired) electrons. The average Bonchev–Trinajstić information content (AvgIpc) is 3.47. The van der Waals surface area contributed by atoms with E-state index in [0.29, 0.717) is 18.8 Å². The lowest BCUT2D eigenvalue weighted by Crippen LogP contribution is -2.41. The molecule has 0 atom stereocenters. The highest BCUT2D eigenvalue weighted by atomic mass is 35.5. The minimum absolute atomic E-state index is 0.0652. The van der Waals surface area contributed by atoms with Crippen LogP contribution in [0.25, 0.3) is 22.5 Å². The molecule has 2 aromatic carbocycles. The zero-order valence-electron chi connectivity index (χ0n) is 20.6. The highest BCUT2D eigenvalue weighted by Gasteiger charge is 2.50. The topological polar surface area (TPSA) is 114 Å². The van der Waals surface area contributed by atoms with Crippen LogP contribution in [0, 0.1) is 5.82 Å². The van der Waals surface area contributed by atoms with Gasteiger partial charge in [0.25, 0.3) is 5.56 Å². The quantitative estimate of drug-likeness (QED) is 0.353. The molecule has 1 saturated carbocycles. The molecule has 39 heavy (non-hydrogen) atoms. The van der Waals surface area contributed by atoms with E-state index in [-0.39, 0.29) is 38.9 Å². The first-order chi connectivity index (χ1) is 18.6.